The maximum atomic E-state index is 12.2. The first-order valence-electron chi connectivity index (χ1n) is 6.71. The predicted molar refractivity (Wildman–Crippen MR) is 78.6 cm³/mol. The fraction of sp³-hybridized carbons (Fsp3) is 0.467. The Labute approximate surface area is 124 Å². The number of ether oxygens (including phenoxy) is 1. The molecule has 0 radical (unpaired) electrons. The van der Waals surface area contributed by atoms with Gasteiger partial charge in [-0.2, -0.15) is 0 Å². The Kier molecular flexibility index (Phi) is 6.17. The lowest BCUT2D eigenvalue weighted by atomic mass is 10.0. The fourth-order valence-electron chi connectivity index (χ4n) is 2.03. The van der Waals surface area contributed by atoms with Gasteiger partial charge in [0.15, 0.2) is 0 Å². The van der Waals surface area contributed by atoms with Gasteiger partial charge in [-0.3, -0.25) is 9.59 Å². The lowest BCUT2D eigenvalue weighted by Crippen LogP contribution is -2.45. The molecule has 0 saturated heterocycles. The monoisotopic (exact) mass is 294 g/mol. The maximum Gasteiger partial charge on any atom is 0.310 e. The number of nitrogens with zero attached hydrogens (tertiary/aromatic N) is 1. The minimum Gasteiger partial charge on any atom is -0.508 e. The lowest BCUT2D eigenvalue weighted by Gasteiger charge is -2.23. The lowest BCUT2D eigenvalue weighted by molar-refractivity contribution is -0.146. The Morgan fingerprint density at radius 1 is 1.33 bits per heavy atom. The largest absolute Gasteiger partial charge is 0.508 e. The second-order valence-corrected chi connectivity index (χ2v) is 5.12. The zero-order chi connectivity index (χ0) is 16.0. The van der Waals surface area contributed by atoms with Crippen LogP contribution in [0.1, 0.15) is 12.5 Å². The van der Waals surface area contributed by atoms with Gasteiger partial charge in [-0.25, -0.2) is 0 Å². The summed E-state index contributed by atoms with van der Waals surface area (Å²) < 4.78 is 4.63. The summed E-state index contributed by atoms with van der Waals surface area (Å²) in [6.07, 6.45) is 0.371. The zero-order valence-corrected chi connectivity index (χ0v) is 12.6. The highest BCUT2D eigenvalue weighted by Gasteiger charge is 2.22. The summed E-state index contributed by atoms with van der Waals surface area (Å²) in [6, 6.07) is 5.86. The SMILES string of the molecule is COC(=O)C(C)CN(C)C(=O)[C@H](N)Cc1ccc(O)cc1. The first kappa shape index (κ1) is 17.0. The summed E-state index contributed by atoms with van der Waals surface area (Å²) in [6.45, 7) is 1.95. The van der Waals surface area contributed by atoms with E-state index in [-0.39, 0.29) is 24.2 Å². The molecule has 116 valence electrons. The van der Waals surface area contributed by atoms with Crippen LogP contribution in [0.3, 0.4) is 0 Å². The van der Waals surface area contributed by atoms with Crippen LogP contribution in [0.15, 0.2) is 24.3 Å². The van der Waals surface area contributed by atoms with Crippen molar-refractivity contribution in [2.45, 2.75) is 19.4 Å². The van der Waals surface area contributed by atoms with Gasteiger partial charge in [-0.15, -0.1) is 0 Å². The third-order valence-corrected chi connectivity index (χ3v) is 3.24. The molecule has 6 heteroatoms. The van der Waals surface area contributed by atoms with E-state index >= 15 is 0 Å². The van der Waals surface area contributed by atoms with E-state index in [4.69, 9.17) is 5.73 Å². The van der Waals surface area contributed by atoms with Gasteiger partial charge in [0.25, 0.3) is 0 Å². The summed E-state index contributed by atoms with van der Waals surface area (Å²) in [5.41, 5.74) is 6.77. The molecule has 2 atom stereocenters. The van der Waals surface area contributed by atoms with E-state index in [0.717, 1.165) is 5.56 Å². The number of phenols is 1. The highest BCUT2D eigenvalue weighted by Crippen LogP contribution is 2.11. The number of carbonyl (C=O) groups is 2. The van der Waals surface area contributed by atoms with Gasteiger partial charge in [0.1, 0.15) is 5.75 Å². The molecule has 1 aromatic rings. The summed E-state index contributed by atoms with van der Waals surface area (Å²) in [7, 11) is 2.93. The second kappa shape index (κ2) is 7.64. The minimum atomic E-state index is -0.690. The number of phenolic OH excluding ortho intramolecular Hbond substituents is 1. The van der Waals surface area contributed by atoms with Crippen molar-refractivity contribution in [1.29, 1.82) is 0 Å². The smallest absolute Gasteiger partial charge is 0.310 e. The first-order valence-corrected chi connectivity index (χ1v) is 6.71. The van der Waals surface area contributed by atoms with Crippen molar-refractivity contribution >= 4 is 11.9 Å². The average Bonchev–Trinajstić information content (AvgIpc) is 2.47. The minimum absolute atomic E-state index is 0.169. The van der Waals surface area contributed by atoms with Crippen molar-refractivity contribution in [1.82, 2.24) is 4.90 Å². The van der Waals surface area contributed by atoms with Crippen molar-refractivity contribution in [3.8, 4) is 5.75 Å². The topological polar surface area (TPSA) is 92.9 Å². The normalized spacial score (nSPS) is 13.3. The number of benzene rings is 1. The van der Waals surface area contributed by atoms with E-state index in [2.05, 4.69) is 4.74 Å². The van der Waals surface area contributed by atoms with Crippen LogP contribution in [0.25, 0.3) is 0 Å². The second-order valence-electron chi connectivity index (χ2n) is 5.12. The highest BCUT2D eigenvalue weighted by atomic mass is 16.5. The van der Waals surface area contributed by atoms with Crippen LogP contribution in [-0.2, 0) is 20.7 Å². The molecule has 1 aromatic carbocycles. The molecule has 0 aliphatic heterocycles. The van der Waals surface area contributed by atoms with Gasteiger partial charge in [-0.05, 0) is 24.1 Å². The Hall–Kier alpha value is -2.08. The van der Waals surface area contributed by atoms with Crippen molar-refractivity contribution in [2.75, 3.05) is 20.7 Å². The Bertz CT molecular complexity index is 487. The molecule has 21 heavy (non-hydrogen) atoms. The number of nitrogens with two attached hydrogens (primary N) is 1. The van der Waals surface area contributed by atoms with E-state index in [1.54, 1.807) is 38.2 Å². The molecule has 0 aliphatic rings. The van der Waals surface area contributed by atoms with Crippen molar-refractivity contribution in [3.05, 3.63) is 29.8 Å². The number of rotatable bonds is 6. The van der Waals surface area contributed by atoms with Gasteiger partial charge in [0.2, 0.25) is 5.91 Å². The van der Waals surface area contributed by atoms with Crippen LogP contribution in [0.5, 0.6) is 5.75 Å². The molecule has 0 saturated carbocycles. The number of aromatic hydroxyl groups is 1. The number of methoxy groups -OCH3 is 1. The van der Waals surface area contributed by atoms with Gasteiger partial charge in [0, 0.05) is 13.6 Å². The summed E-state index contributed by atoms with van der Waals surface area (Å²) in [5, 5.41) is 9.21. The number of hydrogen-bond donors (Lipinski definition) is 2. The first-order chi connectivity index (χ1) is 9.85. The molecule has 1 unspecified atom stereocenters. The molecular weight excluding hydrogens is 272 g/mol. The average molecular weight is 294 g/mol. The van der Waals surface area contributed by atoms with Crippen LogP contribution in [-0.4, -0.2) is 48.6 Å². The Morgan fingerprint density at radius 3 is 2.43 bits per heavy atom. The molecule has 0 fully saturated rings. The standard InChI is InChI=1S/C15H22N2O4/c1-10(15(20)21-3)9-17(2)14(19)13(16)8-11-4-6-12(18)7-5-11/h4-7,10,13,18H,8-9,16H2,1-3H3/t10?,13-/m1/s1. The zero-order valence-electron chi connectivity index (χ0n) is 12.6. The molecule has 6 nitrogen and oxygen atoms in total. The third-order valence-electron chi connectivity index (χ3n) is 3.24. The summed E-state index contributed by atoms with van der Waals surface area (Å²) >= 11 is 0. The Morgan fingerprint density at radius 2 is 1.90 bits per heavy atom. The van der Waals surface area contributed by atoms with Gasteiger partial charge in [-0.1, -0.05) is 19.1 Å². The number of amides is 1. The van der Waals surface area contributed by atoms with E-state index < -0.39 is 12.0 Å². The maximum absolute atomic E-state index is 12.2. The number of carbonyl (C=O) groups excluding carboxylic acids is 2. The predicted octanol–water partition coefficient (Wildman–Crippen LogP) is 0.530. The molecule has 0 aromatic heterocycles. The Balaban J connectivity index is 2.56. The van der Waals surface area contributed by atoms with Gasteiger partial charge < -0.3 is 20.5 Å². The van der Waals surface area contributed by atoms with Gasteiger partial charge in [0.05, 0.1) is 19.1 Å². The van der Waals surface area contributed by atoms with Crippen LogP contribution < -0.4 is 5.73 Å². The molecule has 3 N–H and O–H groups in total. The third kappa shape index (κ3) is 5.07. The van der Waals surface area contributed by atoms with Gasteiger partial charge >= 0.3 is 5.97 Å². The van der Waals surface area contributed by atoms with Crippen LogP contribution in [0.2, 0.25) is 0 Å². The molecule has 0 aliphatic carbocycles. The van der Waals surface area contributed by atoms with Crippen molar-refractivity contribution in [3.63, 3.8) is 0 Å². The molecule has 0 spiro atoms. The molecule has 1 amide bonds. The fourth-order valence-corrected chi connectivity index (χ4v) is 2.03. The molecular formula is C15H22N2O4. The van der Waals surface area contributed by atoms with E-state index in [9.17, 15) is 14.7 Å². The van der Waals surface area contributed by atoms with Crippen LogP contribution >= 0.6 is 0 Å². The van der Waals surface area contributed by atoms with E-state index in [1.807, 2.05) is 0 Å². The van der Waals surface area contributed by atoms with E-state index in [1.165, 1.54) is 12.0 Å². The number of likely N-dealkylation sites (N-methyl/N-ethyl adjacent to an activating group) is 1. The molecule has 0 heterocycles. The highest BCUT2D eigenvalue weighted by molar-refractivity contribution is 5.82. The van der Waals surface area contributed by atoms with E-state index in [0.29, 0.717) is 6.42 Å². The van der Waals surface area contributed by atoms with Crippen LogP contribution in [0.4, 0.5) is 0 Å². The molecule has 0 bridgehead atoms. The number of esters is 1. The number of hydrogen-bond acceptors (Lipinski definition) is 5. The van der Waals surface area contributed by atoms with Crippen LogP contribution in [0, 0.1) is 5.92 Å². The molecule has 1 rings (SSSR count). The summed E-state index contributed by atoms with van der Waals surface area (Å²) in [5.74, 6) is -0.826. The summed E-state index contributed by atoms with van der Waals surface area (Å²) in [4.78, 5) is 24.9. The van der Waals surface area contributed by atoms with Crippen molar-refractivity contribution < 1.29 is 19.4 Å². The quantitative estimate of drug-likeness (QED) is 0.747. The van der Waals surface area contributed by atoms with Crippen molar-refractivity contribution in [2.24, 2.45) is 11.7 Å².